The van der Waals surface area contributed by atoms with Crippen LogP contribution in [0.25, 0.3) is 0 Å². The summed E-state index contributed by atoms with van der Waals surface area (Å²) in [6.45, 7) is -0.185. The molecule has 1 heterocycles. The van der Waals surface area contributed by atoms with Crippen molar-refractivity contribution in [2.45, 2.75) is 42.9 Å². The molecular weight excluding hydrogens is 532 g/mol. The van der Waals surface area contributed by atoms with Crippen LogP contribution in [-0.4, -0.2) is 21.1 Å². The van der Waals surface area contributed by atoms with Gasteiger partial charge in [0.25, 0.3) is 10.0 Å². The van der Waals surface area contributed by atoms with Gasteiger partial charge in [0.05, 0.1) is 28.8 Å². The predicted octanol–water partition coefficient (Wildman–Crippen LogP) is 6.54. The maximum Gasteiger partial charge on any atom is 0.416 e. The van der Waals surface area contributed by atoms with E-state index in [-0.39, 0.29) is 42.3 Å². The van der Waals surface area contributed by atoms with Crippen molar-refractivity contribution in [1.82, 2.24) is 0 Å². The zero-order valence-corrected chi connectivity index (χ0v) is 20.9. The Hall–Kier alpha value is -3.29. The molecule has 0 amide bonds. The van der Waals surface area contributed by atoms with Crippen LogP contribution in [0.5, 0.6) is 5.75 Å². The SMILES string of the molecule is N#CCCC1CN(S(=O)(=O)c2cccc(C(F)(F)F)c2)c2cc(CCc3c(F)cccc3Cl)ccc2O1. The number of nitrogens with zero attached hydrogens (tertiary/aromatic N) is 2. The van der Waals surface area contributed by atoms with Crippen molar-refractivity contribution in [3.05, 3.63) is 88.2 Å². The van der Waals surface area contributed by atoms with Gasteiger partial charge >= 0.3 is 6.18 Å². The van der Waals surface area contributed by atoms with Crippen LogP contribution in [0.15, 0.2) is 65.6 Å². The number of anilines is 1. The number of aryl methyl sites for hydroxylation is 1. The molecule has 0 bridgehead atoms. The highest BCUT2D eigenvalue weighted by atomic mass is 35.5. The molecule has 0 aliphatic carbocycles. The van der Waals surface area contributed by atoms with Gasteiger partial charge in [-0.05, 0) is 67.3 Å². The number of rotatable bonds is 7. The second kappa shape index (κ2) is 10.6. The van der Waals surface area contributed by atoms with Gasteiger partial charge in [0.2, 0.25) is 0 Å². The number of nitriles is 1. The second-order valence-corrected chi connectivity index (χ2v) is 10.8. The number of fused-ring (bicyclic) bond motifs is 1. The smallest absolute Gasteiger partial charge is 0.416 e. The van der Waals surface area contributed by atoms with Gasteiger partial charge in [-0.1, -0.05) is 29.8 Å². The monoisotopic (exact) mass is 552 g/mol. The molecule has 0 saturated carbocycles. The summed E-state index contributed by atoms with van der Waals surface area (Å²) in [7, 11) is -4.42. The van der Waals surface area contributed by atoms with E-state index in [0.29, 0.717) is 23.6 Å². The van der Waals surface area contributed by atoms with E-state index in [9.17, 15) is 26.0 Å². The average Bonchev–Trinajstić information content (AvgIpc) is 2.86. The largest absolute Gasteiger partial charge is 0.486 e. The Bertz CT molecular complexity index is 1430. The van der Waals surface area contributed by atoms with E-state index in [0.717, 1.165) is 22.5 Å². The molecule has 0 spiro atoms. The molecule has 1 atom stereocenters. The highest BCUT2D eigenvalue weighted by Gasteiger charge is 2.37. The molecule has 5 nitrogen and oxygen atoms in total. The van der Waals surface area contributed by atoms with Crippen LogP contribution >= 0.6 is 11.6 Å². The van der Waals surface area contributed by atoms with Crippen LogP contribution in [-0.2, 0) is 29.0 Å². The van der Waals surface area contributed by atoms with Gasteiger partial charge in [-0.3, -0.25) is 4.31 Å². The number of hydrogen-bond donors (Lipinski definition) is 0. The van der Waals surface area contributed by atoms with E-state index in [1.54, 1.807) is 24.3 Å². The Balaban J connectivity index is 1.71. The summed E-state index contributed by atoms with van der Waals surface area (Å²) in [4.78, 5) is -0.516. The number of halogens is 5. The molecule has 1 unspecified atom stereocenters. The first kappa shape index (κ1) is 26.8. The lowest BCUT2D eigenvalue weighted by Gasteiger charge is -2.35. The van der Waals surface area contributed by atoms with E-state index < -0.39 is 38.6 Å². The molecule has 0 fully saturated rings. The van der Waals surface area contributed by atoms with Gasteiger partial charge in [-0.15, -0.1) is 0 Å². The predicted molar refractivity (Wildman–Crippen MR) is 130 cm³/mol. The van der Waals surface area contributed by atoms with Crippen molar-refractivity contribution in [3.8, 4) is 11.8 Å². The van der Waals surface area contributed by atoms with Crippen molar-refractivity contribution < 1.29 is 30.7 Å². The third-order valence-electron chi connectivity index (χ3n) is 6.01. The molecule has 0 saturated heterocycles. The lowest BCUT2D eigenvalue weighted by molar-refractivity contribution is -0.137. The molecule has 1 aliphatic heterocycles. The number of sulfonamides is 1. The Morgan fingerprint density at radius 1 is 1.08 bits per heavy atom. The first-order valence-corrected chi connectivity index (χ1v) is 13.1. The highest BCUT2D eigenvalue weighted by Crippen LogP contribution is 2.40. The Morgan fingerprint density at radius 2 is 1.84 bits per heavy atom. The van der Waals surface area contributed by atoms with E-state index in [4.69, 9.17) is 21.6 Å². The third-order valence-corrected chi connectivity index (χ3v) is 8.14. The molecule has 1 aliphatic rings. The molecule has 0 N–H and O–H groups in total. The molecule has 3 aromatic rings. The standard InChI is InChI=1S/C26H21ClF4N2O3S/c27-22-7-2-8-23(28)21(22)11-9-17-10-12-25-24(14-17)33(16-19(36-25)5-3-13-32)37(34,35)20-6-1-4-18(15-20)26(29,30)31/h1-2,4,6-8,10,12,14-15,19H,3,5,9,11,16H2. The fourth-order valence-electron chi connectivity index (χ4n) is 4.12. The fraction of sp³-hybridized carbons (Fsp3) is 0.269. The number of ether oxygens (including phenoxy) is 1. The van der Waals surface area contributed by atoms with E-state index in [1.165, 1.54) is 12.1 Å². The van der Waals surface area contributed by atoms with Gasteiger partial charge in [0.1, 0.15) is 17.7 Å². The zero-order chi connectivity index (χ0) is 26.8. The van der Waals surface area contributed by atoms with Crippen LogP contribution in [0.3, 0.4) is 0 Å². The summed E-state index contributed by atoms with van der Waals surface area (Å²) in [6, 6.07) is 14.7. The normalized spacial score (nSPS) is 15.6. The van der Waals surface area contributed by atoms with Crippen LogP contribution in [0.2, 0.25) is 5.02 Å². The average molecular weight is 553 g/mol. The Labute approximate surface area is 216 Å². The first-order valence-electron chi connectivity index (χ1n) is 11.3. The molecule has 194 valence electrons. The first-order chi connectivity index (χ1) is 17.5. The maximum absolute atomic E-state index is 14.2. The van der Waals surface area contributed by atoms with Gasteiger partial charge in [-0.25, -0.2) is 12.8 Å². The molecule has 4 rings (SSSR count). The van der Waals surface area contributed by atoms with Crippen molar-refractivity contribution in [2.24, 2.45) is 0 Å². The highest BCUT2D eigenvalue weighted by molar-refractivity contribution is 7.92. The van der Waals surface area contributed by atoms with Crippen molar-refractivity contribution >= 4 is 27.3 Å². The molecule has 3 aromatic carbocycles. The molecule has 0 radical (unpaired) electrons. The van der Waals surface area contributed by atoms with Crippen molar-refractivity contribution in [1.29, 1.82) is 5.26 Å². The van der Waals surface area contributed by atoms with Crippen LogP contribution in [0.4, 0.5) is 23.2 Å². The molecule has 37 heavy (non-hydrogen) atoms. The van der Waals surface area contributed by atoms with Crippen LogP contribution < -0.4 is 9.04 Å². The Kier molecular flexibility index (Phi) is 7.67. The summed E-state index contributed by atoms with van der Waals surface area (Å²) in [6.07, 6.45) is -4.47. The summed E-state index contributed by atoms with van der Waals surface area (Å²) < 4.78 is 88.2. The minimum absolute atomic E-state index is 0.110. The third kappa shape index (κ3) is 5.84. The van der Waals surface area contributed by atoms with Crippen molar-refractivity contribution in [2.75, 3.05) is 10.8 Å². The lowest BCUT2D eigenvalue weighted by atomic mass is 10.0. The van der Waals surface area contributed by atoms with Crippen LogP contribution in [0.1, 0.15) is 29.5 Å². The summed E-state index contributed by atoms with van der Waals surface area (Å²) in [5.74, 6) is -0.236. The molecule has 11 heteroatoms. The quantitative estimate of drug-likeness (QED) is 0.312. The van der Waals surface area contributed by atoms with Gasteiger partial charge in [-0.2, -0.15) is 18.4 Å². The number of benzene rings is 3. The van der Waals surface area contributed by atoms with Gasteiger partial charge in [0, 0.05) is 17.0 Å². The van der Waals surface area contributed by atoms with E-state index in [2.05, 4.69) is 0 Å². The topological polar surface area (TPSA) is 70.4 Å². The van der Waals surface area contributed by atoms with E-state index >= 15 is 0 Å². The zero-order valence-electron chi connectivity index (χ0n) is 19.3. The van der Waals surface area contributed by atoms with Crippen molar-refractivity contribution in [3.63, 3.8) is 0 Å². The molecule has 0 aromatic heterocycles. The second-order valence-electron chi connectivity index (χ2n) is 8.50. The number of alkyl halides is 3. The summed E-state index contributed by atoms with van der Waals surface area (Å²) in [5.41, 5.74) is 0.0471. The lowest BCUT2D eigenvalue weighted by Crippen LogP contribution is -2.43. The minimum Gasteiger partial charge on any atom is -0.486 e. The number of hydrogen-bond acceptors (Lipinski definition) is 4. The Morgan fingerprint density at radius 3 is 2.54 bits per heavy atom. The molecular formula is C26H21ClF4N2O3S. The summed E-state index contributed by atoms with van der Waals surface area (Å²) >= 11 is 6.11. The minimum atomic E-state index is -4.72. The van der Waals surface area contributed by atoms with Crippen LogP contribution in [0, 0.1) is 17.1 Å². The fourth-order valence-corrected chi connectivity index (χ4v) is 5.92. The van der Waals surface area contributed by atoms with Gasteiger partial charge < -0.3 is 4.74 Å². The maximum atomic E-state index is 14.2. The summed E-state index contributed by atoms with van der Waals surface area (Å²) in [5, 5.41) is 9.22. The van der Waals surface area contributed by atoms with Gasteiger partial charge in [0.15, 0.2) is 0 Å². The van der Waals surface area contributed by atoms with E-state index in [1.807, 2.05) is 6.07 Å².